The van der Waals surface area contributed by atoms with Crippen molar-refractivity contribution in [3.8, 4) is 11.8 Å². The largest absolute Gasteiger partial charge is 0.489 e. The monoisotopic (exact) mass is 275 g/mol. The van der Waals surface area contributed by atoms with Gasteiger partial charge >= 0.3 is 6.09 Å². The van der Waals surface area contributed by atoms with Crippen molar-refractivity contribution in [2.45, 2.75) is 25.9 Å². The quantitative estimate of drug-likeness (QED) is 0.842. The molecule has 1 fully saturated rings. The summed E-state index contributed by atoms with van der Waals surface area (Å²) in [5, 5.41) is 8.67. The SMILES string of the molecule is CCOC(=O)N1CCC(Oc2ccc(C#N)nc2)CC1. The van der Waals surface area contributed by atoms with Crippen molar-refractivity contribution in [1.29, 1.82) is 5.26 Å². The lowest BCUT2D eigenvalue weighted by atomic mass is 10.1. The summed E-state index contributed by atoms with van der Waals surface area (Å²) in [4.78, 5) is 17.2. The molecule has 20 heavy (non-hydrogen) atoms. The maximum atomic E-state index is 11.6. The van der Waals surface area contributed by atoms with Gasteiger partial charge in [-0.25, -0.2) is 9.78 Å². The second-order valence-electron chi connectivity index (χ2n) is 4.49. The van der Waals surface area contributed by atoms with Gasteiger partial charge in [0.05, 0.1) is 12.8 Å². The Kier molecular flexibility index (Phi) is 4.77. The van der Waals surface area contributed by atoms with E-state index in [4.69, 9.17) is 14.7 Å². The van der Waals surface area contributed by atoms with Crippen molar-refractivity contribution in [2.75, 3.05) is 19.7 Å². The Bertz CT molecular complexity index is 487. The third-order valence-electron chi connectivity index (χ3n) is 3.12. The normalized spacial score (nSPS) is 15.5. The first-order chi connectivity index (χ1) is 9.72. The number of pyridine rings is 1. The first-order valence-electron chi connectivity index (χ1n) is 6.67. The molecule has 6 heteroatoms. The van der Waals surface area contributed by atoms with Gasteiger partial charge in [-0.1, -0.05) is 0 Å². The summed E-state index contributed by atoms with van der Waals surface area (Å²) in [5.41, 5.74) is 0.370. The predicted octanol–water partition coefficient (Wildman–Crippen LogP) is 1.95. The molecule has 1 aliphatic heterocycles. The Morgan fingerprint density at radius 1 is 1.50 bits per heavy atom. The lowest BCUT2D eigenvalue weighted by Gasteiger charge is -2.31. The molecule has 0 aliphatic carbocycles. The molecule has 0 bridgehead atoms. The van der Waals surface area contributed by atoms with Crippen LogP contribution in [0.4, 0.5) is 4.79 Å². The first kappa shape index (κ1) is 14.1. The minimum Gasteiger partial charge on any atom is -0.489 e. The van der Waals surface area contributed by atoms with Crippen LogP contribution in [0.2, 0.25) is 0 Å². The van der Waals surface area contributed by atoms with E-state index in [1.165, 1.54) is 0 Å². The van der Waals surface area contributed by atoms with Crippen molar-refractivity contribution >= 4 is 6.09 Å². The number of carbonyl (C=O) groups excluding carboxylic acids is 1. The predicted molar refractivity (Wildman–Crippen MR) is 71.2 cm³/mol. The van der Waals surface area contributed by atoms with Gasteiger partial charge in [0.25, 0.3) is 0 Å². The highest BCUT2D eigenvalue weighted by atomic mass is 16.6. The summed E-state index contributed by atoms with van der Waals surface area (Å²) in [6.07, 6.45) is 2.88. The Labute approximate surface area is 117 Å². The Morgan fingerprint density at radius 3 is 2.80 bits per heavy atom. The Balaban J connectivity index is 1.82. The van der Waals surface area contributed by atoms with Crippen LogP contribution >= 0.6 is 0 Å². The molecule has 1 aliphatic rings. The molecule has 0 spiro atoms. The van der Waals surface area contributed by atoms with Gasteiger partial charge in [-0.05, 0) is 19.1 Å². The number of rotatable bonds is 3. The third kappa shape index (κ3) is 3.60. The van der Waals surface area contributed by atoms with E-state index in [2.05, 4.69) is 4.98 Å². The molecule has 2 heterocycles. The summed E-state index contributed by atoms with van der Waals surface area (Å²) in [6, 6.07) is 5.33. The fourth-order valence-corrected chi connectivity index (χ4v) is 2.08. The van der Waals surface area contributed by atoms with Crippen molar-refractivity contribution in [2.24, 2.45) is 0 Å². The minimum absolute atomic E-state index is 0.0652. The average molecular weight is 275 g/mol. The topological polar surface area (TPSA) is 75.4 Å². The van der Waals surface area contributed by atoms with Crippen LogP contribution in [0.1, 0.15) is 25.5 Å². The highest BCUT2D eigenvalue weighted by Gasteiger charge is 2.24. The van der Waals surface area contributed by atoms with E-state index < -0.39 is 0 Å². The van der Waals surface area contributed by atoms with Crippen LogP contribution in [-0.4, -0.2) is 41.8 Å². The van der Waals surface area contributed by atoms with Crippen LogP contribution in [0.5, 0.6) is 5.75 Å². The van der Waals surface area contributed by atoms with Crippen LogP contribution in [0, 0.1) is 11.3 Å². The Morgan fingerprint density at radius 2 is 2.25 bits per heavy atom. The molecule has 0 N–H and O–H groups in total. The van der Waals surface area contributed by atoms with Gasteiger partial charge < -0.3 is 14.4 Å². The number of aromatic nitrogens is 1. The molecular formula is C14H17N3O3. The van der Waals surface area contributed by atoms with E-state index in [-0.39, 0.29) is 12.2 Å². The van der Waals surface area contributed by atoms with Crippen LogP contribution in [0.25, 0.3) is 0 Å². The van der Waals surface area contributed by atoms with E-state index in [1.54, 1.807) is 30.2 Å². The number of ether oxygens (including phenoxy) is 2. The van der Waals surface area contributed by atoms with Gasteiger partial charge in [0.15, 0.2) is 0 Å². The molecule has 0 atom stereocenters. The summed E-state index contributed by atoms with van der Waals surface area (Å²) in [7, 11) is 0. The van der Waals surface area contributed by atoms with Gasteiger partial charge in [0.1, 0.15) is 23.6 Å². The van der Waals surface area contributed by atoms with E-state index in [1.807, 2.05) is 6.07 Å². The number of carbonyl (C=O) groups is 1. The maximum Gasteiger partial charge on any atom is 0.409 e. The summed E-state index contributed by atoms with van der Waals surface area (Å²) >= 11 is 0. The molecule has 106 valence electrons. The summed E-state index contributed by atoms with van der Waals surface area (Å²) < 4.78 is 10.8. The van der Waals surface area contributed by atoms with Gasteiger partial charge in [-0.15, -0.1) is 0 Å². The van der Waals surface area contributed by atoms with Crippen LogP contribution < -0.4 is 4.74 Å². The fourth-order valence-electron chi connectivity index (χ4n) is 2.08. The maximum absolute atomic E-state index is 11.6. The van der Waals surface area contributed by atoms with E-state index in [0.717, 1.165) is 12.8 Å². The highest BCUT2D eigenvalue weighted by molar-refractivity contribution is 5.67. The van der Waals surface area contributed by atoms with E-state index in [9.17, 15) is 4.79 Å². The summed E-state index contributed by atoms with van der Waals surface area (Å²) in [6.45, 7) is 3.46. The van der Waals surface area contributed by atoms with Crippen molar-refractivity contribution in [1.82, 2.24) is 9.88 Å². The number of nitrogens with zero attached hydrogens (tertiary/aromatic N) is 3. The molecule has 0 radical (unpaired) electrons. The molecular weight excluding hydrogens is 258 g/mol. The van der Waals surface area contributed by atoms with Crippen LogP contribution in [0.15, 0.2) is 18.3 Å². The molecule has 0 unspecified atom stereocenters. The van der Waals surface area contributed by atoms with E-state index in [0.29, 0.717) is 31.1 Å². The van der Waals surface area contributed by atoms with Crippen LogP contribution in [-0.2, 0) is 4.74 Å². The number of hydrogen-bond donors (Lipinski definition) is 0. The number of amides is 1. The van der Waals surface area contributed by atoms with Gasteiger partial charge in [0.2, 0.25) is 0 Å². The lowest BCUT2D eigenvalue weighted by molar-refractivity contribution is 0.0702. The minimum atomic E-state index is -0.258. The van der Waals surface area contributed by atoms with Crippen molar-refractivity contribution < 1.29 is 14.3 Å². The standard InChI is InChI=1S/C14H17N3O3/c1-2-19-14(18)17-7-5-12(6-8-17)20-13-4-3-11(9-15)16-10-13/h3-4,10,12H,2,5-8H2,1H3. The molecule has 6 nitrogen and oxygen atoms in total. The fraction of sp³-hybridized carbons (Fsp3) is 0.500. The number of hydrogen-bond acceptors (Lipinski definition) is 5. The van der Waals surface area contributed by atoms with Gasteiger partial charge in [-0.3, -0.25) is 0 Å². The summed E-state index contributed by atoms with van der Waals surface area (Å²) in [5.74, 6) is 0.651. The highest BCUT2D eigenvalue weighted by Crippen LogP contribution is 2.18. The first-order valence-corrected chi connectivity index (χ1v) is 6.67. The number of piperidine rings is 1. The Hall–Kier alpha value is -2.29. The second-order valence-corrected chi connectivity index (χ2v) is 4.49. The number of nitriles is 1. The number of likely N-dealkylation sites (tertiary alicyclic amines) is 1. The molecule has 1 aromatic heterocycles. The third-order valence-corrected chi connectivity index (χ3v) is 3.12. The molecule has 1 amide bonds. The smallest absolute Gasteiger partial charge is 0.409 e. The molecule has 2 rings (SSSR count). The van der Waals surface area contributed by atoms with Gasteiger partial charge in [-0.2, -0.15) is 5.26 Å². The zero-order chi connectivity index (χ0) is 14.4. The lowest BCUT2D eigenvalue weighted by Crippen LogP contribution is -2.42. The molecule has 1 saturated heterocycles. The van der Waals surface area contributed by atoms with Crippen molar-refractivity contribution in [3.63, 3.8) is 0 Å². The molecule has 0 saturated carbocycles. The van der Waals surface area contributed by atoms with Gasteiger partial charge in [0, 0.05) is 25.9 Å². The zero-order valence-electron chi connectivity index (χ0n) is 11.4. The molecule has 0 aromatic carbocycles. The van der Waals surface area contributed by atoms with Crippen LogP contribution in [0.3, 0.4) is 0 Å². The zero-order valence-corrected chi connectivity index (χ0v) is 11.4. The van der Waals surface area contributed by atoms with Crippen molar-refractivity contribution in [3.05, 3.63) is 24.0 Å². The second kappa shape index (κ2) is 6.75. The van der Waals surface area contributed by atoms with E-state index >= 15 is 0 Å². The average Bonchev–Trinajstić information content (AvgIpc) is 2.49. The molecule has 1 aromatic rings.